The molecule has 0 aromatic heterocycles. The zero-order valence-corrected chi connectivity index (χ0v) is 13.8. The first-order valence-corrected chi connectivity index (χ1v) is 7.24. The maximum atomic E-state index is 12.0. The number of benzene rings is 2. The Morgan fingerprint density at radius 3 is 2.35 bits per heavy atom. The summed E-state index contributed by atoms with van der Waals surface area (Å²) in [5.41, 5.74) is 4.68. The van der Waals surface area contributed by atoms with Gasteiger partial charge in [-0.2, -0.15) is 5.10 Å². The van der Waals surface area contributed by atoms with Crippen molar-refractivity contribution in [3.05, 3.63) is 58.1 Å². The van der Waals surface area contributed by atoms with Crippen molar-refractivity contribution in [3.8, 4) is 11.5 Å². The van der Waals surface area contributed by atoms with Gasteiger partial charge in [-0.05, 0) is 25.1 Å². The van der Waals surface area contributed by atoms with Crippen molar-refractivity contribution >= 4 is 23.7 Å². The van der Waals surface area contributed by atoms with E-state index in [0.717, 1.165) is 5.56 Å². The molecule has 0 saturated heterocycles. The zero-order valence-electron chi connectivity index (χ0n) is 13.1. The molecular weight excluding hydrogens is 316 g/mol. The number of nitrogens with one attached hydrogen (secondary N) is 1. The van der Waals surface area contributed by atoms with Gasteiger partial charge < -0.3 is 9.47 Å². The summed E-state index contributed by atoms with van der Waals surface area (Å²) < 4.78 is 10.4. The smallest absolute Gasteiger partial charge is 0.271 e. The van der Waals surface area contributed by atoms with Crippen molar-refractivity contribution in [2.45, 2.75) is 6.92 Å². The molecule has 0 bridgehead atoms. The van der Waals surface area contributed by atoms with Gasteiger partial charge in [-0.25, -0.2) is 5.43 Å². The number of halogens is 1. The molecule has 1 amide bonds. The van der Waals surface area contributed by atoms with Crippen LogP contribution in [0, 0.1) is 6.92 Å². The quantitative estimate of drug-likeness (QED) is 0.674. The normalized spacial score (nSPS) is 10.6. The summed E-state index contributed by atoms with van der Waals surface area (Å²) in [5.74, 6) is 0.763. The summed E-state index contributed by atoms with van der Waals surface area (Å²) in [7, 11) is 3.07. The number of rotatable bonds is 5. The van der Waals surface area contributed by atoms with E-state index in [1.54, 1.807) is 24.3 Å². The molecule has 0 heterocycles. The maximum absolute atomic E-state index is 12.0. The second kappa shape index (κ2) is 7.65. The van der Waals surface area contributed by atoms with Gasteiger partial charge in [-0.3, -0.25) is 4.79 Å². The first-order chi connectivity index (χ1) is 11.0. The number of aryl methyl sites for hydroxylation is 1. The van der Waals surface area contributed by atoms with Crippen molar-refractivity contribution in [2.24, 2.45) is 5.10 Å². The lowest BCUT2D eigenvalue weighted by Crippen LogP contribution is -2.17. The Hall–Kier alpha value is -2.53. The van der Waals surface area contributed by atoms with Crippen molar-refractivity contribution < 1.29 is 14.3 Å². The van der Waals surface area contributed by atoms with Crippen LogP contribution >= 0.6 is 11.6 Å². The van der Waals surface area contributed by atoms with Crippen LogP contribution in [0.5, 0.6) is 11.5 Å². The summed E-state index contributed by atoms with van der Waals surface area (Å²) in [4.78, 5) is 12.0. The van der Waals surface area contributed by atoms with E-state index in [0.29, 0.717) is 27.6 Å². The van der Waals surface area contributed by atoms with Crippen molar-refractivity contribution in [2.75, 3.05) is 14.2 Å². The average molecular weight is 333 g/mol. The lowest BCUT2D eigenvalue weighted by atomic mass is 10.1. The molecule has 0 fully saturated rings. The SMILES string of the molecule is COc1cc(Cl)c(/C=N/NC(=O)c2ccc(C)cc2)cc1OC. The lowest BCUT2D eigenvalue weighted by Gasteiger charge is -2.09. The van der Waals surface area contributed by atoms with Gasteiger partial charge in [0.25, 0.3) is 5.91 Å². The Morgan fingerprint density at radius 1 is 1.13 bits per heavy atom. The lowest BCUT2D eigenvalue weighted by molar-refractivity contribution is 0.0955. The minimum Gasteiger partial charge on any atom is -0.493 e. The third kappa shape index (κ3) is 4.23. The Morgan fingerprint density at radius 2 is 1.74 bits per heavy atom. The van der Waals surface area contributed by atoms with E-state index in [-0.39, 0.29) is 5.91 Å². The summed E-state index contributed by atoms with van der Waals surface area (Å²) in [6.45, 7) is 1.96. The highest BCUT2D eigenvalue weighted by Gasteiger charge is 2.09. The van der Waals surface area contributed by atoms with Gasteiger partial charge in [0, 0.05) is 17.2 Å². The Labute approximate surface area is 139 Å². The zero-order chi connectivity index (χ0) is 16.8. The molecule has 0 aliphatic heterocycles. The minimum atomic E-state index is -0.294. The standard InChI is InChI=1S/C17H17ClN2O3/c1-11-4-6-12(7-5-11)17(21)20-19-10-13-8-15(22-2)16(23-3)9-14(13)18/h4-10H,1-3H3,(H,20,21)/b19-10+. The monoisotopic (exact) mass is 332 g/mol. The number of amides is 1. The molecule has 0 atom stereocenters. The molecule has 2 aromatic carbocycles. The number of hydrogen-bond acceptors (Lipinski definition) is 4. The number of carbonyl (C=O) groups is 1. The van der Waals surface area contributed by atoms with E-state index in [1.807, 2.05) is 19.1 Å². The van der Waals surface area contributed by atoms with Crippen LogP contribution in [0.3, 0.4) is 0 Å². The van der Waals surface area contributed by atoms with Crippen LogP contribution < -0.4 is 14.9 Å². The van der Waals surface area contributed by atoms with Crippen LogP contribution in [-0.2, 0) is 0 Å². The molecular formula is C17H17ClN2O3. The van der Waals surface area contributed by atoms with Crippen LogP contribution in [0.2, 0.25) is 5.02 Å². The molecule has 0 spiro atoms. The topological polar surface area (TPSA) is 59.9 Å². The molecule has 0 aliphatic carbocycles. The average Bonchev–Trinajstić information content (AvgIpc) is 2.56. The Bertz CT molecular complexity index is 727. The molecule has 0 radical (unpaired) electrons. The van der Waals surface area contributed by atoms with Gasteiger partial charge in [0.2, 0.25) is 0 Å². The van der Waals surface area contributed by atoms with Crippen molar-refractivity contribution in [1.82, 2.24) is 5.43 Å². The number of methoxy groups -OCH3 is 2. The number of nitrogens with zero attached hydrogens (tertiary/aromatic N) is 1. The van der Waals surface area contributed by atoms with Gasteiger partial charge in [0.1, 0.15) is 0 Å². The fraction of sp³-hybridized carbons (Fsp3) is 0.176. The van der Waals surface area contributed by atoms with Crippen molar-refractivity contribution in [3.63, 3.8) is 0 Å². The number of ether oxygens (including phenoxy) is 2. The van der Waals surface area contributed by atoms with E-state index >= 15 is 0 Å². The predicted octanol–water partition coefficient (Wildman–Crippen LogP) is 3.43. The maximum Gasteiger partial charge on any atom is 0.271 e. The van der Waals surface area contributed by atoms with E-state index in [4.69, 9.17) is 21.1 Å². The summed E-state index contributed by atoms with van der Waals surface area (Å²) in [6, 6.07) is 10.5. The van der Waals surface area contributed by atoms with Crippen LogP contribution in [-0.4, -0.2) is 26.3 Å². The van der Waals surface area contributed by atoms with E-state index in [2.05, 4.69) is 10.5 Å². The molecule has 2 aromatic rings. The minimum absolute atomic E-state index is 0.294. The van der Waals surface area contributed by atoms with Crippen LogP contribution in [0.15, 0.2) is 41.5 Å². The fourth-order valence-electron chi connectivity index (χ4n) is 1.90. The number of hydrogen-bond donors (Lipinski definition) is 1. The number of hydrazone groups is 1. The van der Waals surface area contributed by atoms with Crippen molar-refractivity contribution in [1.29, 1.82) is 0 Å². The van der Waals surface area contributed by atoms with Crippen LogP contribution in [0.1, 0.15) is 21.5 Å². The molecule has 0 unspecified atom stereocenters. The van der Waals surface area contributed by atoms with Crippen LogP contribution in [0.4, 0.5) is 0 Å². The molecule has 23 heavy (non-hydrogen) atoms. The first-order valence-electron chi connectivity index (χ1n) is 6.86. The first kappa shape index (κ1) is 16.8. The predicted molar refractivity (Wildman–Crippen MR) is 90.8 cm³/mol. The Balaban J connectivity index is 2.11. The van der Waals surface area contributed by atoms with E-state index < -0.39 is 0 Å². The molecule has 6 heteroatoms. The highest BCUT2D eigenvalue weighted by Crippen LogP contribution is 2.32. The summed E-state index contributed by atoms with van der Waals surface area (Å²) in [6.07, 6.45) is 1.45. The highest BCUT2D eigenvalue weighted by atomic mass is 35.5. The van der Waals surface area contributed by atoms with E-state index in [9.17, 15) is 4.79 Å². The van der Waals surface area contributed by atoms with Crippen LogP contribution in [0.25, 0.3) is 0 Å². The second-order valence-electron chi connectivity index (χ2n) is 4.79. The number of carbonyl (C=O) groups excluding carboxylic acids is 1. The van der Waals surface area contributed by atoms with Gasteiger partial charge in [0.05, 0.1) is 25.5 Å². The molecule has 120 valence electrons. The molecule has 2 rings (SSSR count). The van der Waals surface area contributed by atoms with Gasteiger partial charge in [0.15, 0.2) is 11.5 Å². The van der Waals surface area contributed by atoms with Gasteiger partial charge in [-0.1, -0.05) is 29.3 Å². The van der Waals surface area contributed by atoms with E-state index in [1.165, 1.54) is 20.4 Å². The molecule has 0 aliphatic rings. The molecule has 5 nitrogen and oxygen atoms in total. The Kier molecular flexibility index (Phi) is 5.60. The molecule has 0 saturated carbocycles. The second-order valence-corrected chi connectivity index (χ2v) is 5.20. The third-order valence-corrected chi connectivity index (χ3v) is 3.51. The highest BCUT2D eigenvalue weighted by molar-refractivity contribution is 6.33. The van der Waals surface area contributed by atoms with Gasteiger partial charge in [-0.15, -0.1) is 0 Å². The summed E-state index contributed by atoms with van der Waals surface area (Å²) in [5, 5.41) is 4.37. The third-order valence-electron chi connectivity index (χ3n) is 3.19. The fourth-order valence-corrected chi connectivity index (χ4v) is 2.10. The largest absolute Gasteiger partial charge is 0.493 e. The summed E-state index contributed by atoms with van der Waals surface area (Å²) >= 11 is 6.15. The molecule has 1 N–H and O–H groups in total. The van der Waals surface area contributed by atoms with Gasteiger partial charge >= 0.3 is 0 Å².